The molecule has 9 atom stereocenters. The Bertz CT molecular complexity index is 1740. The molecule has 7 rings (SSSR count). The lowest BCUT2D eigenvalue weighted by Crippen LogP contribution is -2.68. The van der Waals surface area contributed by atoms with Gasteiger partial charge in [-0.1, -0.05) is 78.8 Å². The number of carbonyl (C=O) groups excluding carboxylic acids is 1. The molecule has 51 heavy (non-hydrogen) atoms. The van der Waals surface area contributed by atoms with Crippen LogP contribution in [-0.2, 0) is 11.2 Å². The quantitative estimate of drug-likeness (QED) is 0.262. The number of aryl methyl sites for hydroxylation is 1. The lowest BCUT2D eigenvalue weighted by molar-refractivity contribution is -0.217. The number of hydrogen-bond acceptors (Lipinski definition) is 5. The summed E-state index contributed by atoms with van der Waals surface area (Å²) in [7, 11) is 0. The topological polar surface area (TPSA) is 70.5 Å². The highest BCUT2D eigenvalue weighted by Crippen LogP contribution is 2.77. The van der Waals surface area contributed by atoms with Gasteiger partial charge in [-0.3, -0.25) is 4.79 Å². The van der Waals surface area contributed by atoms with E-state index in [1.54, 1.807) is 23.5 Å². The normalized spacial score (nSPS) is 38.0. The summed E-state index contributed by atoms with van der Waals surface area (Å²) in [4.78, 5) is 32.7. The van der Waals surface area contributed by atoms with Crippen molar-refractivity contribution in [1.82, 2.24) is 4.98 Å². The molecule has 2 aromatic rings. The SMILES string of the molecule is C=C(C)C1CCC2(N(CC(=O)CC)c3nc(CC)cs3)CCC3(C)C(CCC4C5(C)CC=C(c6ccc(C(=O)O)cc6)C(C)(C)C5CCC43C)C12. The molecular formula is C45H62N2O3S. The summed E-state index contributed by atoms with van der Waals surface area (Å²) in [6.07, 6.45) is 14.7. The van der Waals surface area contributed by atoms with Crippen molar-refractivity contribution in [3.63, 3.8) is 0 Å². The molecule has 0 bridgehead atoms. The van der Waals surface area contributed by atoms with Crippen LogP contribution in [0.25, 0.3) is 5.57 Å². The van der Waals surface area contributed by atoms with Crippen molar-refractivity contribution in [2.45, 2.75) is 132 Å². The summed E-state index contributed by atoms with van der Waals surface area (Å²) in [6, 6.07) is 7.59. The van der Waals surface area contributed by atoms with Crippen molar-refractivity contribution in [2.24, 2.45) is 51.2 Å². The van der Waals surface area contributed by atoms with Gasteiger partial charge in [0.15, 0.2) is 10.9 Å². The molecule has 6 heteroatoms. The zero-order valence-corrected chi connectivity index (χ0v) is 33.4. The van der Waals surface area contributed by atoms with Gasteiger partial charge >= 0.3 is 5.97 Å². The number of allylic oxidation sites excluding steroid dienone is 3. The molecule has 0 aliphatic heterocycles. The Morgan fingerprint density at radius 1 is 0.941 bits per heavy atom. The molecule has 4 saturated carbocycles. The molecule has 276 valence electrons. The number of carboxylic acids is 1. The van der Waals surface area contributed by atoms with Crippen LogP contribution < -0.4 is 4.90 Å². The van der Waals surface area contributed by atoms with Crippen molar-refractivity contribution in [2.75, 3.05) is 11.4 Å². The van der Waals surface area contributed by atoms with Gasteiger partial charge in [-0.25, -0.2) is 9.78 Å². The molecule has 1 aromatic heterocycles. The van der Waals surface area contributed by atoms with Gasteiger partial charge in [0.2, 0.25) is 0 Å². The fraction of sp³-hybridized carbons (Fsp3) is 0.667. The third-order valence-corrected chi connectivity index (χ3v) is 17.4. The van der Waals surface area contributed by atoms with E-state index in [1.165, 1.54) is 48.8 Å². The van der Waals surface area contributed by atoms with Crippen LogP contribution in [0.2, 0.25) is 0 Å². The third kappa shape index (κ3) is 5.29. The molecule has 0 radical (unpaired) electrons. The molecule has 5 nitrogen and oxygen atoms in total. The maximum Gasteiger partial charge on any atom is 0.335 e. The number of ketones is 1. The first-order valence-electron chi connectivity index (χ1n) is 20.0. The number of aromatic nitrogens is 1. The first-order valence-corrected chi connectivity index (χ1v) is 20.9. The summed E-state index contributed by atoms with van der Waals surface area (Å²) in [5.74, 6) is 2.17. The second kappa shape index (κ2) is 12.7. The zero-order chi connectivity index (χ0) is 36.7. The van der Waals surface area contributed by atoms with E-state index in [4.69, 9.17) is 4.98 Å². The molecule has 4 fully saturated rings. The number of rotatable bonds is 9. The predicted octanol–water partition coefficient (Wildman–Crippen LogP) is 11.3. The van der Waals surface area contributed by atoms with Crippen molar-refractivity contribution in [3.05, 3.63) is 64.7 Å². The molecule has 1 N–H and O–H groups in total. The molecule has 5 aliphatic rings. The predicted molar refractivity (Wildman–Crippen MR) is 210 cm³/mol. The fourth-order valence-electron chi connectivity index (χ4n) is 13.7. The smallest absolute Gasteiger partial charge is 0.335 e. The molecule has 0 saturated heterocycles. The summed E-state index contributed by atoms with van der Waals surface area (Å²) < 4.78 is 0. The summed E-state index contributed by atoms with van der Waals surface area (Å²) in [6.45, 7) is 24.5. The fourth-order valence-corrected chi connectivity index (χ4v) is 14.8. The molecule has 1 aromatic carbocycles. The van der Waals surface area contributed by atoms with Crippen LogP contribution in [0.5, 0.6) is 0 Å². The van der Waals surface area contributed by atoms with Gasteiger partial charge in [-0.15, -0.1) is 11.3 Å². The number of nitrogens with zero attached hydrogens (tertiary/aromatic N) is 2. The molecule has 5 aliphatic carbocycles. The van der Waals surface area contributed by atoms with Gasteiger partial charge in [0, 0.05) is 17.3 Å². The second-order valence-electron chi connectivity index (χ2n) is 18.7. The Balaban J connectivity index is 1.26. The van der Waals surface area contributed by atoms with Gasteiger partial charge in [0.05, 0.1) is 17.8 Å². The van der Waals surface area contributed by atoms with Crippen LogP contribution in [0, 0.1) is 51.2 Å². The number of thiazole rings is 1. The molecule has 0 amide bonds. The van der Waals surface area contributed by atoms with E-state index in [2.05, 4.69) is 71.4 Å². The zero-order valence-electron chi connectivity index (χ0n) is 32.6. The standard InChI is InChI=1S/C45H62N2O3S/c1-10-31-27-51-40(46-31)47(26-32(48)11-2)45-23-18-33(28(3)4)38(45)35-16-17-37-42(7)21-19-34(29-12-14-30(15-13-29)39(49)50)41(5,6)36(42)20-22-44(37,9)43(35,8)24-25-45/h12-15,19,27,33,35-38H,3,10-11,16-18,20-26H2,1-2,4-9H3,(H,49,50). The molecule has 0 spiro atoms. The third-order valence-electron chi connectivity index (χ3n) is 16.4. The van der Waals surface area contributed by atoms with E-state index in [-0.39, 0.29) is 27.2 Å². The first-order chi connectivity index (χ1) is 24.1. The van der Waals surface area contributed by atoms with Crippen LogP contribution in [0.1, 0.15) is 141 Å². The molecule has 1 heterocycles. The lowest BCUT2D eigenvalue weighted by Gasteiger charge is -2.73. The molecule has 9 unspecified atom stereocenters. The summed E-state index contributed by atoms with van der Waals surface area (Å²) in [5.41, 5.74) is 5.92. The largest absolute Gasteiger partial charge is 0.478 e. The van der Waals surface area contributed by atoms with Crippen molar-refractivity contribution >= 4 is 33.8 Å². The van der Waals surface area contributed by atoms with E-state index in [1.807, 2.05) is 19.1 Å². The second-order valence-corrected chi connectivity index (χ2v) is 19.5. The number of Topliss-reactive ketones (excluding diaryl/α,β-unsaturated/α-hetero) is 1. The van der Waals surface area contributed by atoms with E-state index < -0.39 is 5.97 Å². The summed E-state index contributed by atoms with van der Waals surface area (Å²) >= 11 is 1.75. The molecular weight excluding hydrogens is 649 g/mol. The van der Waals surface area contributed by atoms with Crippen molar-refractivity contribution in [1.29, 1.82) is 0 Å². The number of anilines is 1. The monoisotopic (exact) mass is 710 g/mol. The van der Waals surface area contributed by atoms with Crippen LogP contribution in [0.4, 0.5) is 5.13 Å². The van der Waals surface area contributed by atoms with Crippen LogP contribution in [0.3, 0.4) is 0 Å². The minimum Gasteiger partial charge on any atom is -0.478 e. The number of carboxylic acid groups (broad SMARTS) is 1. The van der Waals surface area contributed by atoms with Gasteiger partial charge in [0.1, 0.15) is 0 Å². The Kier molecular flexibility index (Phi) is 9.12. The first kappa shape index (κ1) is 36.6. The van der Waals surface area contributed by atoms with Crippen molar-refractivity contribution in [3.8, 4) is 0 Å². The summed E-state index contributed by atoms with van der Waals surface area (Å²) in [5, 5.41) is 12.8. The Labute approximate surface area is 311 Å². The van der Waals surface area contributed by atoms with Gasteiger partial charge in [-0.2, -0.15) is 0 Å². The highest BCUT2D eigenvalue weighted by Gasteiger charge is 2.71. The maximum atomic E-state index is 13.4. The van der Waals surface area contributed by atoms with Gasteiger partial charge < -0.3 is 10.0 Å². The van der Waals surface area contributed by atoms with Crippen LogP contribution in [0.15, 0.2) is 47.9 Å². The van der Waals surface area contributed by atoms with Gasteiger partial charge in [0.25, 0.3) is 0 Å². The number of carbonyl (C=O) groups is 2. The average molecular weight is 711 g/mol. The lowest BCUT2D eigenvalue weighted by atomic mass is 9.33. The maximum absolute atomic E-state index is 13.4. The Hall–Kier alpha value is -2.73. The van der Waals surface area contributed by atoms with E-state index in [0.717, 1.165) is 42.9 Å². The van der Waals surface area contributed by atoms with E-state index in [0.29, 0.717) is 53.9 Å². The number of benzene rings is 1. The number of fused-ring (bicyclic) bond motifs is 7. The van der Waals surface area contributed by atoms with Crippen LogP contribution >= 0.6 is 11.3 Å². The van der Waals surface area contributed by atoms with Gasteiger partial charge in [-0.05, 0) is 146 Å². The highest BCUT2D eigenvalue weighted by atomic mass is 32.1. The van der Waals surface area contributed by atoms with Crippen molar-refractivity contribution < 1.29 is 14.7 Å². The number of aromatic carboxylic acids is 1. The minimum atomic E-state index is -0.871. The Morgan fingerprint density at radius 3 is 2.29 bits per heavy atom. The van der Waals surface area contributed by atoms with E-state index >= 15 is 0 Å². The highest BCUT2D eigenvalue weighted by molar-refractivity contribution is 7.13. The van der Waals surface area contributed by atoms with Crippen LogP contribution in [-0.4, -0.2) is 33.9 Å². The Morgan fingerprint density at radius 2 is 1.67 bits per heavy atom. The van der Waals surface area contributed by atoms with E-state index in [9.17, 15) is 14.7 Å². The average Bonchev–Trinajstić information content (AvgIpc) is 3.73. The number of hydrogen-bond donors (Lipinski definition) is 1. The minimum absolute atomic E-state index is 0.00753.